The van der Waals surface area contributed by atoms with Crippen LogP contribution in [0, 0.1) is 5.92 Å². The van der Waals surface area contributed by atoms with E-state index in [4.69, 9.17) is 0 Å². The minimum Gasteiger partial charge on any atom is -0.354 e. The van der Waals surface area contributed by atoms with E-state index in [-0.39, 0.29) is 11.9 Å². The minimum absolute atomic E-state index is 0.151. The van der Waals surface area contributed by atoms with Gasteiger partial charge in [0.1, 0.15) is 0 Å². The molecule has 1 fully saturated rings. The maximum absolute atomic E-state index is 11.2. The lowest BCUT2D eigenvalue weighted by molar-refractivity contribution is -0.121. The quantitative estimate of drug-likeness (QED) is 0.602. The lowest BCUT2D eigenvalue weighted by Gasteiger charge is -2.08. The Hall–Kier alpha value is -0.570. The second-order valence-electron chi connectivity index (χ2n) is 4.12. The molecule has 0 radical (unpaired) electrons. The fraction of sp³-hybridized carbons (Fsp3) is 0.900. The number of hydrogen-bond acceptors (Lipinski definition) is 2. The van der Waals surface area contributed by atoms with Crippen LogP contribution in [0.2, 0.25) is 0 Å². The van der Waals surface area contributed by atoms with Gasteiger partial charge in [0.15, 0.2) is 0 Å². The largest absolute Gasteiger partial charge is 0.354 e. The molecule has 1 aliphatic rings. The third kappa shape index (κ3) is 5.64. The molecule has 3 nitrogen and oxygen atoms in total. The summed E-state index contributed by atoms with van der Waals surface area (Å²) in [5, 5.41) is 6.16. The summed E-state index contributed by atoms with van der Waals surface area (Å²) >= 11 is 0. The van der Waals surface area contributed by atoms with Crippen LogP contribution in [0.25, 0.3) is 0 Å². The first kappa shape index (κ1) is 10.5. The van der Waals surface area contributed by atoms with E-state index in [0.29, 0.717) is 6.42 Å². The number of hydrogen-bond donors (Lipinski definition) is 2. The molecule has 1 amide bonds. The smallest absolute Gasteiger partial charge is 0.221 e. The maximum atomic E-state index is 11.2. The van der Waals surface area contributed by atoms with Gasteiger partial charge in [-0.1, -0.05) is 0 Å². The van der Waals surface area contributed by atoms with Crippen LogP contribution in [0.15, 0.2) is 0 Å². The average molecular weight is 184 g/mol. The Labute approximate surface area is 80.3 Å². The summed E-state index contributed by atoms with van der Waals surface area (Å²) in [4.78, 5) is 11.2. The highest BCUT2D eigenvalue weighted by Gasteiger charge is 2.20. The van der Waals surface area contributed by atoms with Crippen LogP contribution in [0.5, 0.6) is 0 Å². The van der Waals surface area contributed by atoms with Gasteiger partial charge in [-0.15, -0.1) is 0 Å². The highest BCUT2D eigenvalue weighted by atomic mass is 16.1. The van der Waals surface area contributed by atoms with Gasteiger partial charge < -0.3 is 10.6 Å². The molecule has 0 aromatic carbocycles. The fourth-order valence-electron chi connectivity index (χ4n) is 1.22. The van der Waals surface area contributed by atoms with E-state index in [2.05, 4.69) is 10.6 Å². The zero-order valence-electron chi connectivity index (χ0n) is 8.60. The van der Waals surface area contributed by atoms with Crippen molar-refractivity contribution in [2.75, 3.05) is 13.1 Å². The number of rotatable bonds is 6. The molecule has 1 saturated carbocycles. The van der Waals surface area contributed by atoms with Crippen LogP contribution in [0.3, 0.4) is 0 Å². The Kier molecular flexibility index (Phi) is 4.22. The number of carbonyl (C=O) groups is 1. The molecular weight excluding hydrogens is 164 g/mol. The summed E-state index contributed by atoms with van der Waals surface area (Å²) in [7, 11) is 0. The van der Waals surface area contributed by atoms with Crippen molar-refractivity contribution in [2.24, 2.45) is 5.92 Å². The molecule has 0 aromatic rings. The van der Waals surface area contributed by atoms with Crippen molar-refractivity contribution in [2.45, 2.75) is 39.2 Å². The normalized spacial score (nSPS) is 16.2. The minimum atomic E-state index is 0.151. The van der Waals surface area contributed by atoms with Crippen molar-refractivity contribution in [3.63, 3.8) is 0 Å². The molecule has 0 unspecified atom stereocenters. The molecule has 13 heavy (non-hydrogen) atoms. The zero-order chi connectivity index (χ0) is 9.68. The van der Waals surface area contributed by atoms with E-state index < -0.39 is 0 Å². The molecule has 0 bridgehead atoms. The van der Waals surface area contributed by atoms with E-state index >= 15 is 0 Å². The number of nitrogens with one attached hydrogen (secondary N) is 2. The van der Waals surface area contributed by atoms with Crippen molar-refractivity contribution in [3.05, 3.63) is 0 Å². The van der Waals surface area contributed by atoms with Crippen molar-refractivity contribution in [3.8, 4) is 0 Å². The van der Waals surface area contributed by atoms with Crippen molar-refractivity contribution < 1.29 is 4.79 Å². The zero-order valence-corrected chi connectivity index (χ0v) is 8.60. The second-order valence-corrected chi connectivity index (χ2v) is 4.12. The van der Waals surface area contributed by atoms with Crippen LogP contribution in [-0.2, 0) is 4.79 Å². The molecular formula is C10H20N2O. The molecule has 0 spiro atoms. The highest BCUT2D eigenvalue weighted by molar-refractivity contribution is 5.76. The molecule has 0 heterocycles. The van der Waals surface area contributed by atoms with E-state index in [1.807, 2.05) is 13.8 Å². The fourth-order valence-corrected chi connectivity index (χ4v) is 1.22. The monoisotopic (exact) mass is 184 g/mol. The maximum Gasteiger partial charge on any atom is 0.221 e. The van der Waals surface area contributed by atoms with Gasteiger partial charge in [0.2, 0.25) is 5.91 Å². The second kappa shape index (κ2) is 5.22. The van der Waals surface area contributed by atoms with E-state index in [1.165, 1.54) is 12.8 Å². The van der Waals surface area contributed by atoms with E-state index in [1.54, 1.807) is 0 Å². The van der Waals surface area contributed by atoms with Crippen molar-refractivity contribution in [1.29, 1.82) is 0 Å². The third-order valence-electron chi connectivity index (χ3n) is 2.11. The van der Waals surface area contributed by atoms with Gasteiger partial charge in [0, 0.05) is 19.0 Å². The first-order chi connectivity index (χ1) is 6.18. The lowest BCUT2D eigenvalue weighted by Crippen LogP contribution is -2.32. The Balaban J connectivity index is 1.88. The molecule has 0 saturated heterocycles. The topological polar surface area (TPSA) is 41.1 Å². The Morgan fingerprint density at radius 2 is 2.15 bits per heavy atom. The van der Waals surface area contributed by atoms with Gasteiger partial charge in [0.25, 0.3) is 0 Å². The van der Waals surface area contributed by atoms with Crippen molar-refractivity contribution >= 4 is 5.91 Å². The van der Waals surface area contributed by atoms with Crippen molar-refractivity contribution in [1.82, 2.24) is 10.6 Å². The summed E-state index contributed by atoms with van der Waals surface area (Å²) < 4.78 is 0. The molecule has 0 aromatic heterocycles. The van der Waals surface area contributed by atoms with Gasteiger partial charge in [-0.25, -0.2) is 0 Å². The summed E-state index contributed by atoms with van der Waals surface area (Å²) in [6.07, 6.45) is 3.33. The van der Waals surface area contributed by atoms with Gasteiger partial charge >= 0.3 is 0 Å². The molecule has 1 rings (SSSR count). The molecule has 1 aliphatic carbocycles. The predicted octanol–water partition coefficient (Wildman–Crippen LogP) is 0.901. The molecule has 3 heteroatoms. The molecule has 76 valence electrons. The predicted molar refractivity (Wildman–Crippen MR) is 53.5 cm³/mol. The average Bonchev–Trinajstić information content (AvgIpc) is 2.80. The molecule has 0 aliphatic heterocycles. The SMILES string of the molecule is CC(C)NC(=O)CCNCC1CC1. The Bertz CT molecular complexity index is 164. The summed E-state index contributed by atoms with van der Waals surface area (Å²) in [5.41, 5.74) is 0. The molecule has 0 atom stereocenters. The Morgan fingerprint density at radius 1 is 1.46 bits per heavy atom. The van der Waals surface area contributed by atoms with Gasteiger partial charge in [-0.3, -0.25) is 4.79 Å². The first-order valence-electron chi connectivity index (χ1n) is 5.18. The van der Waals surface area contributed by atoms with Crippen LogP contribution < -0.4 is 10.6 Å². The van der Waals surface area contributed by atoms with Crippen LogP contribution in [0.1, 0.15) is 33.1 Å². The van der Waals surface area contributed by atoms with E-state index in [9.17, 15) is 4.79 Å². The van der Waals surface area contributed by atoms with Crippen LogP contribution in [0.4, 0.5) is 0 Å². The molecule has 2 N–H and O–H groups in total. The lowest BCUT2D eigenvalue weighted by atomic mass is 10.3. The highest BCUT2D eigenvalue weighted by Crippen LogP contribution is 2.27. The summed E-state index contributed by atoms with van der Waals surface area (Å²) in [5.74, 6) is 1.05. The van der Waals surface area contributed by atoms with Crippen LogP contribution >= 0.6 is 0 Å². The van der Waals surface area contributed by atoms with Gasteiger partial charge in [-0.05, 0) is 39.2 Å². The standard InChI is InChI=1S/C10H20N2O/c1-8(2)12-10(13)5-6-11-7-9-3-4-9/h8-9,11H,3-7H2,1-2H3,(H,12,13). The summed E-state index contributed by atoms with van der Waals surface area (Å²) in [6.45, 7) is 5.87. The Morgan fingerprint density at radius 3 is 2.69 bits per heavy atom. The van der Waals surface area contributed by atoms with E-state index in [0.717, 1.165) is 19.0 Å². The van der Waals surface area contributed by atoms with Gasteiger partial charge in [-0.2, -0.15) is 0 Å². The first-order valence-corrected chi connectivity index (χ1v) is 5.18. The number of amides is 1. The van der Waals surface area contributed by atoms with Crippen LogP contribution in [-0.4, -0.2) is 25.0 Å². The van der Waals surface area contributed by atoms with Gasteiger partial charge in [0.05, 0.1) is 0 Å². The summed E-state index contributed by atoms with van der Waals surface area (Å²) in [6, 6.07) is 0.260. The number of carbonyl (C=O) groups excluding carboxylic acids is 1. The third-order valence-corrected chi connectivity index (χ3v) is 2.11.